The summed E-state index contributed by atoms with van der Waals surface area (Å²) in [5, 5.41) is 7.44. The van der Waals surface area contributed by atoms with E-state index in [2.05, 4.69) is 279 Å². The minimum atomic E-state index is -0.297. The fourth-order valence-electron chi connectivity index (χ4n) is 11.4. The molecule has 1 heteroatoms. The second-order valence-corrected chi connectivity index (χ2v) is 18.5. The van der Waals surface area contributed by atoms with E-state index in [1.165, 1.54) is 93.5 Å². The lowest BCUT2D eigenvalue weighted by Crippen LogP contribution is -2.22. The molecule has 1 unspecified atom stereocenters. The molecule has 0 saturated carbocycles. The highest BCUT2D eigenvalue weighted by Gasteiger charge is 2.41. The summed E-state index contributed by atoms with van der Waals surface area (Å²) in [5.74, 6) is 0. The number of para-hydroxylation sites is 1. The summed E-state index contributed by atoms with van der Waals surface area (Å²) < 4.78 is 0. The van der Waals surface area contributed by atoms with Gasteiger partial charge in [0, 0.05) is 22.4 Å². The van der Waals surface area contributed by atoms with Crippen LogP contribution in [0.25, 0.3) is 88.0 Å². The average Bonchev–Trinajstić information content (AvgIpc) is 3.68. The van der Waals surface area contributed by atoms with Crippen molar-refractivity contribution in [1.29, 1.82) is 0 Å². The molecule has 0 fully saturated rings. The second-order valence-electron chi connectivity index (χ2n) is 18.5. The Hall–Kier alpha value is -8.78. The van der Waals surface area contributed by atoms with Crippen LogP contribution in [0.2, 0.25) is 0 Å². The first-order chi connectivity index (χ1) is 34.1. The molecule has 1 atom stereocenters. The molecule has 1 aliphatic carbocycles. The third-order valence-electron chi connectivity index (χ3n) is 14.7. The lowest BCUT2D eigenvalue weighted by atomic mass is 9.74. The average molecular weight is 878 g/mol. The van der Waals surface area contributed by atoms with Gasteiger partial charge in [0.15, 0.2) is 0 Å². The molecule has 12 aromatic rings. The third-order valence-corrected chi connectivity index (χ3v) is 14.7. The fraction of sp³-hybridized carbons (Fsp3) is 0.0294. The quantitative estimate of drug-likeness (QED) is 0.138. The van der Waals surface area contributed by atoms with E-state index < -0.39 is 0 Å². The van der Waals surface area contributed by atoms with E-state index in [9.17, 15) is 0 Å². The summed E-state index contributed by atoms with van der Waals surface area (Å²) in [6.07, 6.45) is 0. The SMILES string of the molecule is CC1(c2ccccc2)c2ccccc2-c2cc(N(c3cccc(-c4ccc5ccccc5c4)c3)c3ccccc3-c3ccc4c(c3)c(-c3ccccc3)c(-c3ccccc3)c3ccccc34)ccc21. The molecular formula is C68H47N. The Kier molecular flexibility index (Phi) is 9.70. The highest BCUT2D eigenvalue weighted by atomic mass is 15.1. The molecule has 69 heavy (non-hydrogen) atoms. The highest BCUT2D eigenvalue weighted by Crippen LogP contribution is 2.55. The number of nitrogens with zero attached hydrogens (tertiary/aromatic N) is 1. The Morgan fingerprint density at radius 1 is 0.290 bits per heavy atom. The largest absolute Gasteiger partial charge is 0.310 e. The number of hydrogen-bond donors (Lipinski definition) is 0. The van der Waals surface area contributed by atoms with Gasteiger partial charge in [-0.3, -0.25) is 0 Å². The Bertz CT molecular complexity index is 3910. The molecule has 1 nitrogen and oxygen atoms in total. The van der Waals surface area contributed by atoms with Gasteiger partial charge in [0.05, 0.1) is 5.69 Å². The molecule has 0 bridgehead atoms. The Labute approximate surface area is 403 Å². The minimum absolute atomic E-state index is 0.297. The summed E-state index contributed by atoms with van der Waals surface area (Å²) in [5.41, 5.74) is 19.1. The van der Waals surface area contributed by atoms with Gasteiger partial charge in [-0.2, -0.15) is 0 Å². The normalized spacial score (nSPS) is 13.9. The predicted molar refractivity (Wildman–Crippen MR) is 293 cm³/mol. The van der Waals surface area contributed by atoms with Gasteiger partial charge in [-0.05, 0) is 148 Å². The number of anilines is 3. The molecule has 0 spiro atoms. The van der Waals surface area contributed by atoms with Crippen molar-refractivity contribution in [2.75, 3.05) is 4.90 Å². The van der Waals surface area contributed by atoms with Crippen LogP contribution in [0.1, 0.15) is 23.6 Å². The first kappa shape index (κ1) is 40.5. The summed E-state index contributed by atoms with van der Waals surface area (Å²) in [6.45, 7) is 2.39. The topological polar surface area (TPSA) is 3.24 Å². The van der Waals surface area contributed by atoms with Crippen molar-refractivity contribution in [2.24, 2.45) is 0 Å². The van der Waals surface area contributed by atoms with Crippen molar-refractivity contribution >= 4 is 49.4 Å². The molecule has 0 N–H and O–H groups in total. The van der Waals surface area contributed by atoms with Gasteiger partial charge in [0.2, 0.25) is 0 Å². The summed E-state index contributed by atoms with van der Waals surface area (Å²) >= 11 is 0. The molecular weight excluding hydrogens is 831 g/mol. The fourth-order valence-corrected chi connectivity index (χ4v) is 11.4. The maximum Gasteiger partial charge on any atom is 0.0540 e. The van der Waals surface area contributed by atoms with E-state index in [0.29, 0.717) is 0 Å². The zero-order valence-corrected chi connectivity index (χ0v) is 38.4. The van der Waals surface area contributed by atoms with Gasteiger partial charge in [-0.25, -0.2) is 0 Å². The third kappa shape index (κ3) is 6.69. The van der Waals surface area contributed by atoms with Gasteiger partial charge in [0.25, 0.3) is 0 Å². The molecule has 0 aliphatic heterocycles. The van der Waals surface area contributed by atoms with Crippen LogP contribution in [0.5, 0.6) is 0 Å². The second kappa shape index (κ2) is 16.5. The van der Waals surface area contributed by atoms with Crippen LogP contribution >= 0.6 is 0 Å². The standard InChI is InChI=1S/C68H47N/c1-68(53-27-9-4-10-28-53)63-34-17-15-32-59(63)61-45-55(39-41-64(61)68)69(54-29-19-26-50(43-54)51-37-36-46-20-11-12-25-49(46)42-51)65-35-18-16-30-56(65)52-38-40-58-57-31-13-14-33-60(57)66(47-21-5-2-6-22-47)67(62(58)44-52)48-23-7-3-8-24-48/h2-45H,1H3. The molecule has 0 saturated heterocycles. The minimum Gasteiger partial charge on any atom is -0.310 e. The summed E-state index contributed by atoms with van der Waals surface area (Å²) in [7, 11) is 0. The van der Waals surface area contributed by atoms with Crippen molar-refractivity contribution in [3.63, 3.8) is 0 Å². The van der Waals surface area contributed by atoms with E-state index in [-0.39, 0.29) is 5.41 Å². The van der Waals surface area contributed by atoms with Crippen molar-refractivity contribution in [3.8, 4) is 55.6 Å². The lowest BCUT2D eigenvalue weighted by Gasteiger charge is -2.30. The number of rotatable bonds is 8. The maximum absolute atomic E-state index is 2.49. The molecule has 0 amide bonds. The smallest absolute Gasteiger partial charge is 0.0540 e. The number of benzene rings is 12. The van der Waals surface area contributed by atoms with E-state index in [4.69, 9.17) is 0 Å². The zero-order valence-electron chi connectivity index (χ0n) is 38.4. The first-order valence-electron chi connectivity index (χ1n) is 24.0. The molecule has 1 aliphatic rings. The van der Waals surface area contributed by atoms with E-state index in [0.717, 1.165) is 28.2 Å². The van der Waals surface area contributed by atoms with Crippen LogP contribution in [0.4, 0.5) is 17.1 Å². The van der Waals surface area contributed by atoms with Crippen LogP contribution in [0.15, 0.2) is 267 Å². The van der Waals surface area contributed by atoms with Crippen molar-refractivity contribution < 1.29 is 0 Å². The van der Waals surface area contributed by atoms with Crippen LogP contribution in [-0.4, -0.2) is 0 Å². The van der Waals surface area contributed by atoms with Crippen LogP contribution in [0.3, 0.4) is 0 Å². The van der Waals surface area contributed by atoms with Gasteiger partial charge in [-0.15, -0.1) is 0 Å². The maximum atomic E-state index is 2.49. The molecule has 0 heterocycles. The lowest BCUT2D eigenvalue weighted by molar-refractivity contribution is 0.714. The van der Waals surface area contributed by atoms with Crippen molar-refractivity contribution in [2.45, 2.75) is 12.3 Å². The van der Waals surface area contributed by atoms with Crippen molar-refractivity contribution in [1.82, 2.24) is 0 Å². The first-order valence-corrected chi connectivity index (χ1v) is 24.0. The van der Waals surface area contributed by atoms with Crippen LogP contribution in [0, 0.1) is 0 Å². The summed E-state index contributed by atoms with van der Waals surface area (Å²) in [4.78, 5) is 2.49. The number of hydrogen-bond acceptors (Lipinski definition) is 1. The van der Waals surface area contributed by atoms with Gasteiger partial charge in [-0.1, -0.05) is 224 Å². The van der Waals surface area contributed by atoms with Gasteiger partial charge < -0.3 is 4.90 Å². The Morgan fingerprint density at radius 3 is 1.62 bits per heavy atom. The number of fused-ring (bicyclic) bond motifs is 7. The van der Waals surface area contributed by atoms with Gasteiger partial charge >= 0.3 is 0 Å². The highest BCUT2D eigenvalue weighted by molar-refractivity contribution is 6.22. The zero-order chi connectivity index (χ0) is 45.9. The van der Waals surface area contributed by atoms with Gasteiger partial charge in [0.1, 0.15) is 0 Å². The molecule has 324 valence electrons. The summed E-state index contributed by atoms with van der Waals surface area (Å²) in [6, 6.07) is 98.5. The predicted octanol–water partition coefficient (Wildman–Crippen LogP) is 18.6. The van der Waals surface area contributed by atoms with Crippen LogP contribution < -0.4 is 4.90 Å². The van der Waals surface area contributed by atoms with E-state index >= 15 is 0 Å². The molecule has 0 aromatic heterocycles. The van der Waals surface area contributed by atoms with E-state index in [1.54, 1.807) is 0 Å². The molecule has 0 radical (unpaired) electrons. The monoisotopic (exact) mass is 877 g/mol. The van der Waals surface area contributed by atoms with Crippen molar-refractivity contribution in [3.05, 3.63) is 284 Å². The molecule has 12 aromatic carbocycles. The Balaban J connectivity index is 1.05. The van der Waals surface area contributed by atoms with Crippen LogP contribution in [-0.2, 0) is 5.41 Å². The van der Waals surface area contributed by atoms with E-state index in [1.807, 2.05) is 0 Å². The molecule has 13 rings (SSSR count). The Morgan fingerprint density at radius 2 is 0.841 bits per heavy atom.